The zero-order valence-corrected chi connectivity index (χ0v) is 13.5. The lowest BCUT2D eigenvalue weighted by Crippen LogP contribution is -2.35. The largest absolute Gasteiger partial charge is 0.342 e. The number of carbonyl (C=O) groups excluding carboxylic acids is 2. The van der Waals surface area contributed by atoms with Crippen LogP contribution in [0.4, 0.5) is 5.69 Å². The Labute approximate surface area is 145 Å². The van der Waals surface area contributed by atoms with E-state index in [9.17, 15) is 9.59 Å². The van der Waals surface area contributed by atoms with Crippen molar-refractivity contribution in [1.29, 1.82) is 0 Å². The van der Waals surface area contributed by atoms with Crippen LogP contribution in [-0.4, -0.2) is 16.8 Å². The molecule has 124 valence electrons. The summed E-state index contributed by atoms with van der Waals surface area (Å²) in [4.78, 5) is 28.3. The number of rotatable bonds is 4. The van der Waals surface area contributed by atoms with Crippen LogP contribution < -0.4 is 10.6 Å². The second kappa shape index (κ2) is 7.88. The molecule has 0 saturated heterocycles. The minimum Gasteiger partial charge on any atom is -0.342 e. The van der Waals surface area contributed by atoms with Gasteiger partial charge in [-0.2, -0.15) is 0 Å². The van der Waals surface area contributed by atoms with E-state index in [0.717, 1.165) is 11.1 Å². The Hall–Kier alpha value is -3.47. The van der Waals surface area contributed by atoms with Crippen molar-refractivity contribution in [1.82, 2.24) is 10.3 Å². The first-order chi connectivity index (χ1) is 12.2. The summed E-state index contributed by atoms with van der Waals surface area (Å²) in [6.07, 6.45) is 1.64. The fourth-order valence-corrected chi connectivity index (χ4v) is 2.39. The molecule has 3 rings (SSSR count). The van der Waals surface area contributed by atoms with Gasteiger partial charge in [-0.25, -0.2) is 0 Å². The lowest BCUT2D eigenvalue weighted by molar-refractivity contribution is -0.136. The number of para-hydroxylation sites is 1. The molecule has 1 aromatic heterocycles. The number of anilines is 1. The molecule has 2 amide bonds. The monoisotopic (exact) mass is 331 g/mol. The summed E-state index contributed by atoms with van der Waals surface area (Å²) < 4.78 is 0. The highest BCUT2D eigenvalue weighted by atomic mass is 16.2. The number of carbonyl (C=O) groups is 2. The molecule has 5 nitrogen and oxygen atoms in total. The van der Waals surface area contributed by atoms with Crippen LogP contribution in [0.15, 0.2) is 79.0 Å². The maximum atomic E-state index is 12.2. The van der Waals surface area contributed by atoms with E-state index < -0.39 is 11.8 Å². The van der Waals surface area contributed by atoms with Gasteiger partial charge in [0, 0.05) is 17.4 Å². The Morgan fingerprint density at radius 1 is 0.800 bits per heavy atom. The van der Waals surface area contributed by atoms with E-state index in [1.807, 2.05) is 54.6 Å². The summed E-state index contributed by atoms with van der Waals surface area (Å²) in [5.41, 5.74) is 3.10. The summed E-state index contributed by atoms with van der Waals surface area (Å²) >= 11 is 0. The van der Waals surface area contributed by atoms with Crippen molar-refractivity contribution in [2.45, 2.75) is 6.54 Å². The maximum Gasteiger partial charge on any atom is 0.313 e. The number of amides is 2. The number of aromatic nitrogens is 1. The molecule has 0 saturated carbocycles. The van der Waals surface area contributed by atoms with Crippen LogP contribution in [0.5, 0.6) is 0 Å². The number of benzene rings is 2. The van der Waals surface area contributed by atoms with Gasteiger partial charge in [-0.1, -0.05) is 54.6 Å². The van der Waals surface area contributed by atoms with Crippen molar-refractivity contribution in [3.8, 4) is 11.1 Å². The number of hydrogen-bond donors (Lipinski definition) is 2. The summed E-state index contributed by atoms with van der Waals surface area (Å²) in [6, 6.07) is 22.4. The molecular weight excluding hydrogens is 314 g/mol. The summed E-state index contributed by atoms with van der Waals surface area (Å²) in [7, 11) is 0. The number of nitrogens with zero attached hydrogens (tertiary/aromatic N) is 1. The third-order valence-corrected chi connectivity index (χ3v) is 3.62. The van der Waals surface area contributed by atoms with Crippen molar-refractivity contribution in [3.05, 3.63) is 84.7 Å². The van der Waals surface area contributed by atoms with E-state index in [1.165, 1.54) is 0 Å². The highest BCUT2D eigenvalue weighted by molar-refractivity contribution is 6.39. The lowest BCUT2D eigenvalue weighted by atomic mass is 10.0. The summed E-state index contributed by atoms with van der Waals surface area (Å²) in [6.45, 7) is 0.202. The molecule has 0 atom stereocenters. The van der Waals surface area contributed by atoms with Crippen LogP contribution in [0, 0.1) is 0 Å². The van der Waals surface area contributed by atoms with Gasteiger partial charge in [-0.05, 0) is 23.8 Å². The van der Waals surface area contributed by atoms with E-state index in [0.29, 0.717) is 11.4 Å². The third kappa shape index (κ3) is 4.29. The molecule has 2 N–H and O–H groups in total. The Morgan fingerprint density at radius 2 is 1.52 bits per heavy atom. The van der Waals surface area contributed by atoms with Gasteiger partial charge in [0.05, 0.1) is 12.2 Å². The SMILES string of the molecule is O=C(NCc1ccccn1)C(=O)Nc1ccccc1-c1ccccc1. The molecule has 5 heteroatoms. The smallest absolute Gasteiger partial charge is 0.313 e. The van der Waals surface area contributed by atoms with Crippen molar-refractivity contribution < 1.29 is 9.59 Å². The van der Waals surface area contributed by atoms with Crippen molar-refractivity contribution in [3.63, 3.8) is 0 Å². The first kappa shape index (κ1) is 16.4. The number of pyridine rings is 1. The van der Waals surface area contributed by atoms with Crippen LogP contribution in [0.3, 0.4) is 0 Å². The molecule has 0 spiro atoms. The van der Waals surface area contributed by atoms with Gasteiger partial charge >= 0.3 is 11.8 Å². The average molecular weight is 331 g/mol. The van der Waals surface area contributed by atoms with Gasteiger partial charge in [-0.15, -0.1) is 0 Å². The van der Waals surface area contributed by atoms with Gasteiger partial charge in [0.15, 0.2) is 0 Å². The molecule has 3 aromatic rings. The third-order valence-electron chi connectivity index (χ3n) is 3.62. The second-order valence-corrected chi connectivity index (χ2v) is 5.37. The summed E-state index contributed by atoms with van der Waals surface area (Å²) in [5.74, 6) is -1.41. The minimum atomic E-state index is -0.709. The van der Waals surface area contributed by atoms with Crippen LogP contribution in [0.1, 0.15) is 5.69 Å². The quantitative estimate of drug-likeness (QED) is 0.722. The molecule has 1 heterocycles. The molecule has 0 aliphatic rings. The van der Waals surface area contributed by atoms with E-state index in [2.05, 4.69) is 15.6 Å². The molecule has 0 bridgehead atoms. The molecule has 0 aliphatic carbocycles. The van der Waals surface area contributed by atoms with Gasteiger partial charge < -0.3 is 10.6 Å². The fourth-order valence-electron chi connectivity index (χ4n) is 2.39. The Balaban J connectivity index is 1.68. The average Bonchev–Trinajstić information content (AvgIpc) is 2.68. The maximum absolute atomic E-state index is 12.2. The topological polar surface area (TPSA) is 71.1 Å². The number of hydrogen-bond acceptors (Lipinski definition) is 3. The minimum absolute atomic E-state index is 0.202. The zero-order chi connectivity index (χ0) is 17.5. The van der Waals surface area contributed by atoms with Crippen LogP contribution >= 0.6 is 0 Å². The zero-order valence-electron chi connectivity index (χ0n) is 13.5. The second-order valence-electron chi connectivity index (χ2n) is 5.37. The normalized spacial score (nSPS) is 10.1. The Kier molecular flexibility index (Phi) is 5.16. The van der Waals surface area contributed by atoms with Crippen LogP contribution in [0.25, 0.3) is 11.1 Å². The van der Waals surface area contributed by atoms with Crippen LogP contribution in [-0.2, 0) is 16.1 Å². The van der Waals surface area contributed by atoms with Crippen molar-refractivity contribution >= 4 is 17.5 Å². The van der Waals surface area contributed by atoms with E-state index in [1.54, 1.807) is 24.4 Å². The molecular formula is C20H17N3O2. The van der Waals surface area contributed by atoms with Gasteiger partial charge in [0.25, 0.3) is 0 Å². The lowest BCUT2D eigenvalue weighted by Gasteiger charge is -2.11. The predicted molar refractivity (Wildman–Crippen MR) is 96.6 cm³/mol. The van der Waals surface area contributed by atoms with E-state index >= 15 is 0 Å². The van der Waals surface area contributed by atoms with Gasteiger partial charge in [-0.3, -0.25) is 14.6 Å². The van der Waals surface area contributed by atoms with Gasteiger partial charge in [0.2, 0.25) is 0 Å². The standard InChI is InChI=1S/C20H17N3O2/c24-19(22-14-16-10-6-7-13-21-16)20(25)23-18-12-5-4-11-17(18)15-8-2-1-3-9-15/h1-13H,14H2,(H,22,24)(H,23,25). The summed E-state index contributed by atoms with van der Waals surface area (Å²) in [5, 5.41) is 5.24. The molecule has 2 aromatic carbocycles. The predicted octanol–water partition coefficient (Wildman–Crippen LogP) is 3.00. The Bertz CT molecular complexity index is 864. The highest BCUT2D eigenvalue weighted by Gasteiger charge is 2.15. The molecule has 25 heavy (non-hydrogen) atoms. The first-order valence-electron chi connectivity index (χ1n) is 7.87. The fraction of sp³-hybridized carbons (Fsp3) is 0.0500. The molecule has 0 aliphatic heterocycles. The van der Waals surface area contributed by atoms with Crippen LogP contribution in [0.2, 0.25) is 0 Å². The first-order valence-corrected chi connectivity index (χ1v) is 7.87. The van der Waals surface area contributed by atoms with Crippen molar-refractivity contribution in [2.75, 3.05) is 5.32 Å². The molecule has 0 unspecified atom stereocenters. The van der Waals surface area contributed by atoms with E-state index in [-0.39, 0.29) is 6.54 Å². The highest BCUT2D eigenvalue weighted by Crippen LogP contribution is 2.27. The van der Waals surface area contributed by atoms with E-state index in [4.69, 9.17) is 0 Å². The Morgan fingerprint density at radius 3 is 2.28 bits per heavy atom. The molecule has 0 fully saturated rings. The molecule has 0 radical (unpaired) electrons. The number of nitrogens with one attached hydrogen (secondary N) is 2. The van der Waals surface area contributed by atoms with Gasteiger partial charge in [0.1, 0.15) is 0 Å². The van der Waals surface area contributed by atoms with Crippen molar-refractivity contribution in [2.24, 2.45) is 0 Å².